The van der Waals surface area contributed by atoms with Crippen LogP contribution in [0.25, 0.3) is 10.8 Å². The summed E-state index contributed by atoms with van der Waals surface area (Å²) in [5.74, 6) is -0.177. The number of carboxylic acid groups (broad SMARTS) is 1. The smallest absolute Gasteiger partial charge is 0.318 e. The average Bonchev–Trinajstić information content (AvgIpc) is 3.41. The molecule has 1 heterocycles. The number of rotatable bonds is 11. The summed E-state index contributed by atoms with van der Waals surface area (Å²) in [6.45, 7) is 2.51. The van der Waals surface area contributed by atoms with Crippen LogP contribution in [0.2, 0.25) is 0 Å². The molecule has 1 aliphatic heterocycles. The Bertz CT molecular complexity index is 1340. The molecule has 0 fully saturated rings. The first-order valence-corrected chi connectivity index (χ1v) is 13.1. The lowest BCUT2D eigenvalue weighted by molar-refractivity contribution is -0.138. The molecule has 0 aliphatic carbocycles. The minimum atomic E-state index is -1.05. The summed E-state index contributed by atoms with van der Waals surface area (Å²) in [5.41, 5.74) is 1.62. The van der Waals surface area contributed by atoms with E-state index in [4.69, 9.17) is 9.47 Å². The normalized spacial score (nSPS) is 13.5. The molecule has 2 atom stereocenters. The first kappa shape index (κ1) is 27.8. The molecule has 0 bridgehead atoms. The molecule has 0 radical (unpaired) electrons. The molecule has 39 heavy (non-hydrogen) atoms. The Morgan fingerprint density at radius 3 is 2.51 bits per heavy atom. The molecule has 0 unspecified atom stereocenters. The molecule has 0 spiro atoms. The molecule has 3 amide bonds. The van der Waals surface area contributed by atoms with E-state index >= 15 is 0 Å². The van der Waals surface area contributed by atoms with E-state index in [1.54, 1.807) is 30.1 Å². The minimum absolute atomic E-state index is 0.0895. The van der Waals surface area contributed by atoms with Crippen molar-refractivity contribution < 1.29 is 29.0 Å². The van der Waals surface area contributed by atoms with Crippen LogP contribution in [0.15, 0.2) is 60.7 Å². The Balaban J connectivity index is 1.50. The van der Waals surface area contributed by atoms with Crippen molar-refractivity contribution >= 4 is 28.7 Å². The van der Waals surface area contributed by atoms with Gasteiger partial charge in [-0.05, 0) is 40.5 Å². The van der Waals surface area contributed by atoms with Gasteiger partial charge in [-0.15, -0.1) is 0 Å². The summed E-state index contributed by atoms with van der Waals surface area (Å²) in [5, 5.41) is 14.6. The summed E-state index contributed by atoms with van der Waals surface area (Å²) >= 11 is 0. The lowest BCUT2D eigenvalue weighted by Gasteiger charge is -2.31. The molecule has 2 N–H and O–H groups in total. The van der Waals surface area contributed by atoms with Gasteiger partial charge in [0, 0.05) is 20.6 Å². The van der Waals surface area contributed by atoms with E-state index in [-0.39, 0.29) is 19.1 Å². The number of nitrogens with one attached hydrogen (secondary N) is 1. The summed E-state index contributed by atoms with van der Waals surface area (Å²) in [4.78, 5) is 41.6. The maximum absolute atomic E-state index is 13.6. The number of carboxylic acids is 1. The third-order valence-corrected chi connectivity index (χ3v) is 7.04. The number of ether oxygens (including phenoxy) is 2. The highest BCUT2D eigenvalue weighted by Gasteiger charge is 2.30. The summed E-state index contributed by atoms with van der Waals surface area (Å²) in [6, 6.07) is 17.1. The van der Waals surface area contributed by atoms with Gasteiger partial charge in [0.15, 0.2) is 11.5 Å². The number of hydrogen-bond donors (Lipinski definition) is 2. The van der Waals surface area contributed by atoms with E-state index in [2.05, 4.69) is 5.32 Å². The van der Waals surface area contributed by atoms with Gasteiger partial charge in [-0.25, -0.2) is 4.79 Å². The number of aliphatic carboxylic acids is 1. The van der Waals surface area contributed by atoms with Crippen LogP contribution in [0, 0.1) is 0 Å². The molecule has 4 rings (SSSR count). The van der Waals surface area contributed by atoms with Crippen LogP contribution < -0.4 is 14.8 Å². The summed E-state index contributed by atoms with van der Waals surface area (Å²) in [6.07, 6.45) is 1.78. The van der Waals surface area contributed by atoms with Crippen LogP contribution in [0.1, 0.15) is 49.8 Å². The van der Waals surface area contributed by atoms with E-state index < -0.39 is 24.1 Å². The molecule has 0 saturated heterocycles. The second-order valence-electron chi connectivity index (χ2n) is 9.81. The van der Waals surface area contributed by atoms with Gasteiger partial charge in [-0.1, -0.05) is 68.3 Å². The zero-order valence-corrected chi connectivity index (χ0v) is 22.6. The van der Waals surface area contributed by atoms with Crippen LogP contribution in [0.3, 0.4) is 0 Å². The fourth-order valence-corrected chi connectivity index (χ4v) is 4.85. The van der Waals surface area contributed by atoms with Crippen molar-refractivity contribution in [1.29, 1.82) is 0 Å². The van der Waals surface area contributed by atoms with Crippen molar-refractivity contribution in [2.75, 3.05) is 20.9 Å². The van der Waals surface area contributed by atoms with Crippen LogP contribution in [0.5, 0.6) is 11.5 Å². The molecular formula is C30H35N3O6. The van der Waals surface area contributed by atoms with Gasteiger partial charge in [-0.3, -0.25) is 9.59 Å². The summed E-state index contributed by atoms with van der Waals surface area (Å²) < 4.78 is 10.8. The topological polar surface area (TPSA) is 108 Å². The first-order valence-electron chi connectivity index (χ1n) is 13.1. The summed E-state index contributed by atoms with van der Waals surface area (Å²) in [7, 11) is 3.27. The van der Waals surface area contributed by atoms with Crippen LogP contribution in [0.4, 0.5) is 4.79 Å². The lowest BCUT2D eigenvalue weighted by atomic mass is 10.0. The van der Waals surface area contributed by atoms with E-state index in [0.29, 0.717) is 30.0 Å². The molecule has 0 aromatic heterocycles. The van der Waals surface area contributed by atoms with Crippen molar-refractivity contribution in [3.05, 3.63) is 71.8 Å². The SMILES string of the molecule is CCCC[C@H](NC(=O)N(C)[C@@H](CC(=O)O)c1ccc2c(c1)OCO2)C(=O)N(C)Cc1cccc2ccccc12. The van der Waals surface area contributed by atoms with Crippen LogP contribution >= 0.6 is 0 Å². The highest BCUT2D eigenvalue weighted by molar-refractivity contribution is 5.89. The Kier molecular flexibility index (Phi) is 8.91. The van der Waals surface area contributed by atoms with Gasteiger partial charge < -0.3 is 29.7 Å². The third kappa shape index (κ3) is 6.60. The van der Waals surface area contributed by atoms with Gasteiger partial charge in [0.2, 0.25) is 12.7 Å². The second-order valence-corrected chi connectivity index (χ2v) is 9.81. The Hall–Kier alpha value is -4.27. The molecular weight excluding hydrogens is 498 g/mol. The van der Waals surface area contributed by atoms with E-state index in [0.717, 1.165) is 29.2 Å². The van der Waals surface area contributed by atoms with Crippen molar-refractivity contribution in [2.24, 2.45) is 0 Å². The number of fused-ring (bicyclic) bond motifs is 2. The van der Waals surface area contributed by atoms with E-state index in [1.807, 2.05) is 49.4 Å². The van der Waals surface area contributed by atoms with Gasteiger partial charge in [0.25, 0.3) is 0 Å². The zero-order valence-electron chi connectivity index (χ0n) is 22.6. The molecule has 3 aromatic carbocycles. The number of nitrogens with zero attached hydrogens (tertiary/aromatic N) is 2. The number of carbonyl (C=O) groups is 3. The molecule has 0 saturated carbocycles. The first-order chi connectivity index (χ1) is 18.8. The maximum Gasteiger partial charge on any atom is 0.318 e. The van der Waals surface area contributed by atoms with Crippen molar-refractivity contribution in [3.63, 3.8) is 0 Å². The quantitative estimate of drug-likeness (QED) is 0.361. The molecule has 9 nitrogen and oxygen atoms in total. The standard InChI is InChI=1S/C30H35N3O6/c1-4-5-13-24(29(36)32(2)18-22-11-8-10-20-9-6-7-12-23(20)22)31-30(37)33(3)25(17-28(34)35)21-14-15-26-27(16-21)39-19-38-26/h6-12,14-16,24-25H,4-5,13,17-19H2,1-3H3,(H,31,37)(H,34,35)/t24-,25-/m0/s1. The van der Waals surface area contributed by atoms with Crippen molar-refractivity contribution in [3.8, 4) is 11.5 Å². The largest absolute Gasteiger partial charge is 0.481 e. The van der Waals surface area contributed by atoms with Crippen molar-refractivity contribution in [1.82, 2.24) is 15.1 Å². The molecule has 9 heteroatoms. The Morgan fingerprint density at radius 2 is 1.74 bits per heavy atom. The number of urea groups is 1. The highest BCUT2D eigenvalue weighted by atomic mass is 16.7. The minimum Gasteiger partial charge on any atom is -0.481 e. The molecule has 206 valence electrons. The van der Waals surface area contributed by atoms with Gasteiger partial charge in [-0.2, -0.15) is 0 Å². The number of unbranched alkanes of at least 4 members (excludes halogenated alkanes) is 1. The van der Waals surface area contributed by atoms with Crippen molar-refractivity contribution in [2.45, 2.75) is 51.2 Å². The predicted octanol–water partition coefficient (Wildman–Crippen LogP) is 4.94. The number of carbonyl (C=O) groups excluding carboxylic acids is 2. The monoisotopic (exact) mass is 533 g/mol. The fourth-order valence-electron chi connectivity index (χ4n) is 4.85. The lowest BCUT2D eigenvalue weighted by Crippen LogP contribution is -2.51. The van der Waals surface area contributed by atoms with E-state index in [9.17, 15) is 19.5 Å². The number of hydrogen-bond acceptors (Lipinski definition) is 5. The average molecular weight is 534 g/mol. The number of likely N-dealkylation sites (N-methyl/N-ethyl adjacent to an activating group) is 1. The fraction of sp³-hybridized carbons (Fsp3) is 0.367. The van der Waals surface area contributed by atoms with E-state index in [1.165, 1.54) is 11.9 Å². The van der Waals surface area contributed by atoms with Gasteiger partial charge in [0.1, 0.15) is 6.04 Å². The zero-order chi connectivity index (χ0) is 27.9. The molecule has 3 aromatic rings. The Labute approximate surface area is 228 Å². The highest BCUT2D eigenvalue weighted by Crippen LogP contribution is 2.36. The molecule has 1 aliphatic rings. The number of amides is 3. The van der Waals surface area contributed by atoms with Crippen LogP contribution in [-0.2, 0) is 16.1 Å². The second kappa shape index (κ2) is 12.5. The van der Waals surface area contributed by atoms with Gasteiger partial charge in [0.05, 0.1) is 12.5 Å². The maximum atomic E-state index is 13.6. The third-order valence-electron chi connectivity index (χ3n) is 7.04. The van der Waals surface area contributed by atoms with Crippen LogP contribution in [-0.4, -0.2) is 59.7 Å². The Morgan fingerprint density at radius 1 is 1.00 bits per heavy atom. The van der Waals surface area contributed by atoms with Gasteiger partial charge >= 0.3 is 12.0 Å². The predicted molar refractivity (Wildman–Crippen MR) is 148 cm³/mol. The number of benzene rings is 3.